The van der Waals surface area contributed by atoms with Crippen LogP contribution in [0.5, 0.6) is 5.75 Å². The van der Waals surface area contributed by atoms with Crippen molar-refractivity contribution in [1.29, 1.82) is 0 Å². The van der Waals surface area contributed by atoms with E-state index in [2.05, 4.69) is 29.1 Å². The van der Waals surface area contributed by atoms with Gasteiger partial charge in [0, 0.05) is 10.0 Å². The number of phenols is 1. The van der Waals surface area contributed by atoms with Gasteiger partial charge in [-0.3, -0.25) is 0 Å². The van der Waals surface area contributed by atoms with E-state index in [1.54, 1.807) is 13.0 Å². The molecule has 0 aliphatic heterocycles. The molecule has 4 heteroatoms. The van der Waals surface area contributed by atoms with Crippen molar-refractivity contribution in [2.45, 2.75) is 20.3 Å². The number of rotatable bonds is 5. The Kier molecular flexibility index (Phi) is 5.36. The minimum absolute atomic E-state index is 0.0657. The van der Waals surface area contributed by atoms with Crippen molar-refractivity contribution in [3.8, 4) is 5.75 Å². The second-order valence-corrected chi connectivity index (χ2v) is 5.44. The van der Waals surface area contributed by atoms with Gasteiger partial charge < -0.3 is 9.84 Å². The average Bonchev–Trinajstić information content (AvgIpc) is 2.31. The zero-order valence-corrected chi connectivity index (χ0v) is 12.7. The molecule has 0 fully saturated rings. The minimum atomic E-state index is -0.559. The van der Waals surface area contributed by atoms with Gasteiger partial charge in [0.1, 0.15) is 17.9 Å². The quantitative estimate of drug-likeness (QED) is 0.657. The third kappa shape index (κ3) is 4.24. The molecule has 0 heterocycles. The summed E-state index contributed by atoms with van der Waals surface area (Å²) in [4.78, 5) is 11.9. The smallest absolute Gasteiger partial charge is 0.342 e. The third-order valence-electron chi connectivity index (χ3n) is 2.37. The number of allylic oxidation sites excluding steroid dienone is 1. The molecule has 0 saturated heterocycles. The number of hydrogen-bond acceptors (Lipinski definition) is 3. The van der Waals surface area contributed by atoms with E-state index in [-0.39, 0.29) is 17.9 Å². The SMILES string of the molecule is C=C(C)COC(=O)c1ccc(Br)c(CC(=C)C)c1O. The predicted molar refractivity (Wildman–Crippen MR) is 79.4 cm³/mol. The predicted octanol–water partition coefficient (Wildman–Crippen LogP) is 4.01. The van der Waals surface area contributed by atoms with Gasteiger partial charge in [-0.05, 0) is 38.0 Å². The summed E-state index contributed by atoms with van der Waals surface area (Å²) in [6.07, 6.45) is 0.494. The molecular formula is C15H17BrO3. The first kappa shape index (κ1) is 15.5. The molecule has 19 heavy (non-hydrogen) atoms. The summed E-state index contributed by atoms with van der Waals surface area (Å²) in [5.41, 5.74) is 2.42. The standard InChI is InChI=1S/C15H17BrO3/c1-9(2)7-12-13(16)6-5-11(14(12)17)15(18)19-8-10(3)4/h5-6,17H,1,3,7-8H2,2,4H3. The van der Waals surface area contributed by atoms with Crippen molar-refractivity contribution in [2.75, 3.05) is 6.61 Å². The summed E-state index contributed by atoms with van der Waals surface area (Å²) in [5.74, 6) is -0.625. The molecule has 102 valence electrons. The Bertz CT molecular complexity index is 532. The first-order valence-electron chi connectivity index (χ1n) is 5.79. The number of carbonyl (C=O) groups is 1. The molecule has 0 unspecified atom stereocenters. The average molecular weight is 325 g/mol. The Morgan fingerprint density at radius 2 is 1.95 bits per heavy atom. The maximum Gasteiger partial charge on any atom is 0.342 e. The summed E-state index contributed by atoms with van der Waals surface area (Å²) in [6, 6.07) is 3.25. The van der Waals surface area contributed by atoms with Gasteiger partial charge in [-0.1, -0.05) is 34.7 Å². The van der Waals surface area contributed by atoms with E-state index in [0.717, 1.165) is 15.6 Å². The monoisotopic (exact) mass is 324 g/mol. The number of phenolic OH excluding ortho intramolecular Hbond substituents is 1. The van der Waals surface area contributed by atoms with Crippen molar-refractivity contribution in [1.82, 2.24) is 0 Å². The van der Waals surface area contributed by atoms with E-state index in [9.17, 15) is 9.90 Å². The molecule has 0 bridgehead atoms. The fourth-order valence-corrected chi connectivity index (χ4v) is 1.97. The van der Waals surface area contributed by atoms with Crippen LogP contribution < -0.4 is 0 Å². The van der Waals surface area contributed by atoms with Crippen molar-refractivity contribution in [3.05, 3.63) is 52.0 Å². The molecule has 0 radical (unpaired) electrons. The van der Waals surface area contributed by atoms with E-state index in [4.69, 9.17) is 4.74 Å². The Morgan fingerprint density at radius 1 is 1.32 bits per heavy atom. The summed E-state index contributed by atoms with van der Waals surface area (Å²) in [7, 11) is 0. The van der Waals surface area contributed by atoms with Gasteiger partial charge in [-0.25, -0.2) is 4.79 Å². The fraction of sp³-hybridized carbons (Fsp3) is 0.267. The normalized spacial score (nSPS) is 10.1. The first-order chi connectivity index (χ1) is 8.82. The van der Waals surface area contributed by atoms with Crippen LogP contribution in [0.1, 0.15) is 29.8 Å². The van der Waals surface area contributed by atoms with Crippen LogP contribution >= 0.6 is 15.9 Å². The molecule has 0 aromatic heterocycles. The molecule has 0 spiro atoms. The van der Waals surface area contributed by atoms with Gasteiger partial charge >= 0.3 is 5.97 Å². The zero-order valence-electron chi connectivity index (χ0n) is 11.1. The molecular weight excluding hydrogens is 308 g/mol. The number of carbonyl (C=O) groups excluding carboxylic acids is 1. The largest absolute Gasteiger partial charge is 0.507 e. The third-order valence-corrected chi connectivity index (χ3v) is 3.12. The van der Waals surface area contributed by atoms with Gasteiger partial charge in [0.25, 0.3) is 0 Å². The number of halogens is 1. The molecule has 0 aliphatic carbocycles. The topological polar surface area (TPSA) is 46.5 Å². The van der Waals surface area contributed by atoms with Crippen LogP contribution in [-0.4, -0.2) is 17.7 Å². The van der Waals surface area contributed by atoms with Crippen LogP contribution in [0.2, 0.25) is 0 Å². The molecule has 0 atom stereocenters. The van der Waals surface area contributed by atoms with Gasteiger partial charge in [-0.15, -0.1) is 0 Å². The number of esters is 1. The number of aromatic hydroxyl groups is 1. The molecule has 0 amide bonds. The zero-order chi connectivity index (χ0) is 14.6. The lowest BCUT2D eigenvalue weighted by Crippen LogP contribution is -2.08. The van der Waals surface area contributed by atoms with Crippen molar-refractivity contribution >= 4 is 21.9 Å². The van der Waals surface area contributed by atoms with Crippen LogP contribution in [0.3, 0.4) is 0 Å². The first-order valence-corrected chi connectivity index (χ1v) is 6.58. The summed E-state index contributed by atoms with van der Waals surface area (Å²) < 4.78 is 5.77. The van der Waals surface area contributed by atoms with Crippen molar-refractivity contribution in [3.63, 3.8) is 0 Å². The highest BCUT2D eigenvalue weighted by atomic mass is 79.9. The molecule has 0 saturated carbocycles. The highest BCUT2D eigenvalue weighted by Crippen LogP contribution is 2.32. The molecule has 3 nitrogen and oxygen atoms in total. The van der Waals surface area contributed by atoms with Crippen LogP contribution in [0.25, 0.3) is 0 Å². The van der Waals surface area contributed by atoms with Gasteiger partial charge in [-0.2, -0.15) is 0 Å². The maximum absolute atomic E-state index is 11.9. The maximum atomic E-state index is 11.9. The number of benzene rings is 1. The molecule has 1 aromatic carbocycles. The number of hydrogen-bond donors (Lipinski definition) is 1. The Labute approximate surface area is 121 Å². The van der Waals surface area contributed by atoms with Crippen molar-refractivity contribution < 1.29 is 14.6 Å². The summed E-state index contributed by atoms with van der Waals surface area (Å²) >= 11 is 3.35. The second kappa shape index (κ2) is 6.57. The van der Waals surface area contributed by atoms with Gasteiger partial charge in [0.2, 0.25) is 0 Å². The summed E-state index contributed by atoms with van der Waals surface area (Å²) in [5, 5.41) is 10.2. The van der Waals surface area contributed by atoms with E-state index in [1.165, 1.54) is 6.07 Å². The second-order valence-electron chi connectivity index (χ2n) is 4.59. The molecule has 0 aliphatic rings. The Hall–Kier alpha value is -1.55. The lowest BCUT2D eigenvalue weighted by Gasteiger charge is -2.11. The highest BCUT2D eigenvalue weighted by molar-refractivity contribution is 9.10. The van der Waals surface area contributed by atoms with Crippen molar-refractivity contribution in [2.24, 2.45) is 0 Å². The van der Waals surface area contributed by atoms with E-state index >= 15 is 0 Å². The van der Waals surface area contributed by atoms with Crippen LogP contribution in [-0.2, 0) is 11.2 Å². The molecule has 1 N–H and O–H groups in total. The van der Waals surface area contributed by atoms with Crippen LogP contribution in [0.4, 0.5) is 0 Å². The van der Waals surface area contributed by atoms with Crippen LogP contribution in [0.15, 0.2) is 40.9 Å². The highest BCUT2D eigenvalue weighted by Gasteiger charge is 2.18. The molecule has 1 rings (SSSR count). The lowest BCUT2D eigenvalue weighted by atomic mass is 10.0. The summed E-state index contributed by atoms with van der Waals surface area (Å²) in [6.45, 7) is 11.2. The molecule has 1 aromatic rings. The van der Waals surface area contributed by atoms with Gasteiger partial charge in [0.15, 0.2) is 0 Å². The van der Waals surface area contributed by atoms with E-state index in [1.807, 2.05) is 6.92 Å². The lowest BCUT2D eigenvalue weighted by molar-refractivity contribution is 0.0537. The van der Waals surface area contributed by atoms with E-state index in [0.29, 0.717) is 12.0 Å². The minimum Gasteiger partial charge on any atom is -0.507 e. The van der Waals surface area contributed by atoms with E-state index < -0.39 is 5.97 Å². The Balaban J connectivity index is 3.06. The van der Waals surface area contributed by atoms with Crippen LogP contribution in [0, 0.1) is 0 Å². The Morgan fingerprint density at radius 3 is 2.47 bits per heavy atom. The fourth-order valence-electron chi connectivity index (χ4n) is 1.51. The van der Waals surface area contributed by atoms with Gasteiger partial charge in [0.05, 0.1) is 0 Å². The number of ether oxygens (including phenoxy) is 1.